The molecule has 4 nitrogen and oxygen atoms in total. The Labute approximate surface area is 149 Å². The van der Waals surface area contributed by atoms with Crippen molar-refractivity contribution in [1.82, 2.24) is 0 Å². The summed E-state index contributed by atoms with van der Waals surface area (Å²) < 4.78 is 10.6. The van der Waals surface area contributed by atoms with Gasteiger partial charge in [0.2, 0.25) is 0 Å². The number of hydrogen-bond acceptors (Lipinski definition) is 3. The Kier molecular flexibility index (Phi) is 6.88. The average Bonchev–Trinajstić information content (AvgIpc) is 2.60. The van der Waals surface area contributed by atoms with Crippen molar-refractivity contribution >= 4 is 28.7 Å². The minimum absolute atomic E-state index is 0.536. The van der Waals surface area contributed by atoms with Crippen LogP contribution in [-0.2, 0) is 6.42 Å². The molecule has 0 radical (unpaired) electrons. The highest BCUT2D eigenvalue weighted by molar-refractivity contribution is 7.80. The van der Waals surface area contributed by atoms with Crippen LogP contribution < -0.4 is 20.1 Å². The van der Waals surface area contributed by atoms with Crippen LogP contribution >= 0.6 is 12.2 Å². The molecular weight excluding hydrogens is 320 g/mol. The highest BCUT2D eigenvalue weighted by Crippen LogP contribution is 2.26. The number of nitrogens with one attached hydrogen (secondary N) is 2. The molecule has 0 bridgehead atoms. The Morgan fingerprint density at radius 2 is 1.67 bits per heavy atom. The van der Waals surface area contributed by atoms with Gasteiger partial charge in [-0.15, -0.1) is 0 Å². The molecule has 0 heterocycles. The van der Waals surface area contributed by atoms with E-state index in [0.29, 0.717) is 16.6 Å². The zero-order chi connectivity index (χ0) is 17.4. The Morgan fingerprint density at radius 3 is 2.29 bits per heavy atom. The van der Waals surface area contributed by atoms with Gasteiger partial charge in [-0.3, -0.25) is 0 Å². The number of anilines is 2. The van der Waals surface area contributed by atoms with E-state index in [0.717, 1.165) is 24.2 Å². The predicted octanol–water partition coefficient (Wildman–Crippen LogP) is 4.86. The van der Waals surface area contributed by atoms with E-state index in [9.17, 15) is 0 Å². The van der Waals surface area contributed by atoms with Crippen molar-refractivity contribution in [3.05, 3.63) is 48.0 Å². The molecule has 2 aromatic carbocycles. The molecule has 0 amide bonds. The van der Waals surface area contributed by atoms with Crippen molar-refractivity contribution < 1.29 is 9.47 Å². The van der Waals surface area contributed by atoms with Gasteiger partial charge in [0.1, 0.15) is 11.5 Å². The van der Waals surface area contributed by atoms with Crippen LogP contribution in [0.1, 0.15) is 25.3 Å². The van der Waals surface area contributed by atoms with Crippen molar-refractivity contribution in [2.75, 3.05) is 24.9 Å². The topological polar surface area (TPSA) is 42.5 Å². The summed E-state index contributed by atoms with van der Waals surface area (Å²) in [5.74, 6) is 1.42. The van der Waals surface area contributed by atoms with E-state index >= 15 is 0 Å². The number of methoxy groups -OCH3 is 2. The molecule has 0 aromatic heterocycles. The summed E-state index contributed by atoms with van der Waals surface area (Å²) >= 11 is 5.45. The summed E-state index contributed by atoms with van der Waals surface area (Å²) in [6, 6.07) is 13.8. The average molecular weight is 344 g/mol. The SMILES string of the molecule is CCCCc1ccccc1NC(=S)Nc1cc(OC)cc(OC)c1. The number of benzene rings is 2. The molecule has 0 aliphatic rings. The maximum Gasteiger partial charge on any atom is 0.175 e. The molecule has 0 saturated carbocycles. The van der Waals surface area contributed by atoms with Gasteiger partial charge in [-0.1, -0.05) is 31.5 Å². The van der Waals surface area contributed by atoms with Gasteiger partial charge in [0, 0.05) is 29.6 Å². The molecule has 0 aliphatic heterocycles. The molecule has 0 fully saturated rings. The third-order valence-electron chi connectivity index (χ3n) is 3.67. The molecule has 2 aromatic rings. The molecule has 128 valence electrons. The Hall–Kier alpha value is -2.27. The van der Waals surface area contributed by atoms with Crippen LogP contribution in [0.15, 0.2) is 42.5 Å². The van der Waals surface area contributed by atoms with Gasteiger partial charge in [0.15, 0.2) is 5.11 Å². The lowest BCUT2D eigenvalue weighted by atomic mass is 10.1. The summed E-state index contributed by atoms with van der Waals surface area (Å²) in [5, 5.41) is 7.00. The third-order valence-corrected chi connectivity index (χ3v) is 3.88. The van der Waals surface area contributed by atoms with Crippen molar-refractivity contribution in [1.29, 1.82) is 0 Å². The normalized spacial score (nSPS) is 10.1. The van der Waals surface area contributed by atoms with Crippen LogP contribution in [0, 0.1) is 0 Å². The van der Waals surface area contributed by atoms with E-state index in [1.165, 1.54) is 12.0 Å². The Bertz CT molecular complexity index is 667. The molecule has 0 saturated heterocycles. The minimum Gasteiger partial charge on any atom is -0.497 e. The first-order chi connectivity index (χ1) is 11.7. The van der Waals surface area contributed by atoms with E-state index in [-0.39, 0.29) is 0 Å². The molecule has 0 unspecified atom stereocenters. The van der Waals surface area contributed by atoms with Crippen LogP contribution in [0.25, 0.3) is 0 Å². The van der Waals surface area contributed by atoms with Crippen LogP contribution in [0.5, 0.6) is 11.5 Å². The summed E-state index contributed by atoms with van der Waals surface area (Å²) in [5.41, 5.74) is 3.12. The van der Waals surface area contributed by atoms with Crippen molar-refractivity contribution in [2.45, 2.75) is 26.2 Å². The fraction of sp³-hybridized carbons (Fsp3) is 0.316. The monoisotopic (exact) mass is 344 g/mol. The van der Waals surface area contributed by atoms with Gasteiger partial charge < -0.3 is 20.1 Å². The Morgan fingerprint density at radius 1 is 1.00 bits per heavy atom. The van der Waals surface area contributed by atoms with Crippen LogP contribution in [0.4, 0.5) is 11.4 Å². The molecular formula is C19H24N2O2S. The van der Waals surface area contributed by atoms with E-state index in [1.54, 1.807) is 14.2 Å². The zero-order valence-corrected chi connectivity index (χ0v) is 15.2. The van der Waals surface area contributed by atoms with Gasteiger partial charge in [0.05, 0.1) is 14.2 Å². The van der Waals surface area contributed by atoms with E-state index in [1.807, 2.05) is 30.3 Å². The first-order valence-electron chi connectivity index (χ1n) is 8.05. The maximum atomic E-state index is 5.45. The van der Waals surface area contributed by atoms with Gasteiger partial charge in [-0.05, 0) is 36.7 Å². The largest absolute Gasteiger partial charge is 0.497 e. The number of hydrogen-bond donors (Lipinski definition) is 2. The molecule has 24 heavy (non-hydrogen) atoms. The van der Waals surface area contributed by atoms with Gasteiger partial charge in [0.25, 0.3) is 0 Å². The number of rotatable bonds is 7. The fourth-order valence-electron chi connectivity index (χ4n) is 2.39. The van der Waals surface area contributed by atoms with E-state index in [2.05, 4.69) is 29.7 Å². The molecule has 0 spiro atoms. The first kappa shape index (κ1) is 18.1. The predicted molar refractivity (Wildman–Crippen MR) is 104 cm³/mol. The standard InChI is InChI=1S/C19H24N2O2S/c1-4-5-8-14-9-6-7-10-18(14)21-19(24)20-15-11-16(22-2)13-17(12-15)23-3/h6-7,9-13H,4-5,8H2,1-3H3,(H2,20,21,24). The van der Waals surface area contributed by atoms with Gasteiger partial charge >= 0.3 is 0 Å². The fourth-order valence-corrected chi connectivity index (χ4v) is 2.62. The minimum atomic E-state index is 0.536. The molecule has 5 heteroatoms. The zero-order valence-electron chi connectivity index (χ0n) is 14.4. The number of ether oxygens (including phenoxy) is 2. The second-order valence-electron chi connectivity index (χ2n) is 5.44. The van der Waals surface area contributed by atoms with Crippen LogP contribution in [-0.4, -0.2) is 19.3 Å². The van der Waals surface area contributed by atoms with Crippen LogP contribution in [0.3, 0.4) is 0 Å². The lowest BCUT2D eigenvalue weighted by Crippen LogP contribution is -2.20. The first-order valence-corrected chi connectivity index (χ1v) is 8.46. The summed E-state index contributed by atoms with van der Waals surface area (Å²) in [6.07, 6.45) is 3.36. The smallest absolute Gasteiger partial charge is 0.175 e. The van der Waals surface area contributed by atoms with Crippen molar-refractivity contribution in [3.8, 4) is 11.5 Å². The lowest BCUT2D eigenvalue weighted by Gasteiger charge is -2.15. The Balaban J connectivity index is 2.08. The summed E-state index contributed by atoms with van der Waals surface area (Å²) in [7, 11) is 3.25. The quantitative estimate of drug-likeness (QED) is 0.703. The highest BCUT2D eigenvalue weighted by Gasteiger charge is 2.06. The van der Waals surface area contributed by atoms with Gasteiger partial charge in [-0.2, -0.15) is 0 Å². The summed E-state index contributed by atoms with van der Waals surface area (Å²) in [6.45, 7) is 2.19. The number of aryl methyl sites for hydroxylation is 1. The van der Waals surface area contributed by atoms with E-state index in [4.69, 9.17) is 21.7 Å². The highest BCUT2D eigenvalue weighted by atomic mass is 32.1. The number of thiocarbonyl (C=S) groups is 1. The van der Waals surface area contributed by atoms with Crippen molar-refractivity contribution in [2.24, 2.45) is 0 Å². The van der Waals surface area contributed by atoms with E-state index < -0.39 is 0 Å². The summed E-state index contributed by atoms with van der Waals surface area (Å²) in [4.78, 5) is 0. The second kappa shape index (κ2) is 9.13. The maximum absolute atomic E-state index is 5.45. The molecule has 0 atom stereocenters. The van der Waals surface area contributed by atoms with Crippen LogP contribution in [0.2, 0.25) is 0 Å². The van der Waals surface area contributed by atoms with Crippen molar-refractivity contribution in [3.63, 3.8) is 0 Å². The number of para-hydroxylation sites is 1. The van der Waals surface area contributed by atoms with Gasteiger partial charge in [-0.25, -0.2) is 0 Å². The molecule has 2 rings (SSSR count). The molecule has 2 N–H and O–H groups in total. The number of unbranched alkanes of at least 4 members (excludes halogenated alkanes) is 1. The lowest BCUT2D eigenvalue weighted by molar-refractivity contribution is 0.395. The second-order valence-corrected chi connectivity index (χ2v) is 5.85. The third kappa shape index (κ3) is 5.13. The molecule has 0 aliphatic carbocycles.